The Morgan fingerprint density at radius 2 is 2.22 bits per heavy atom. The van der Waals surface area contributed by atoms with Crippen LogP contribution in [0.4, 0.5) is 0 Å². The largest absolute Gasteiger partial charge is 0.390 e. The molecule has 2 unspecified atom stereocenters. The Labute approximate surface area is 52.7 Å². The molecule has 5 heteroatoms. The van der Waals surface area contributed by atoms with E-state index in [-0.39, 0.29) is 0 Å². The van der Waals surface area contributed by atoms with E-state index in [2.05, 4.69) is 9.05 Å². The second-order valence-electron chi connectivity index (χ2n) is 1.93. The summed E-state index contributed by atoms with van der Waals surface area (Å²) in [5, 5.41) is 0. The minimum Gasteiger partial charge on any atom is -0.390 e. The first kappa shape index (κ1) is 6.78. The average molecular weight is 150 g/mol. The van der Waals surface area contributed by atoms with Gasteiger partial charge in [-0.05, 0) is 6.92 Å². The standard InChI is InChI=1S/C4H7O4P/c1-3-4(5)8-9(2,6)7-3/h3H,1-2H3. The first-order valence-corrected chi connectivity index (χ1v) is 4.49. The van der Waals surface area contributed by atoms with Crippen molar-refractivity contribution in [2.24, 2.45) is 0 Å². The lowest BCUT2D eigenvalue weighted by atomic mass is 10.4. The van der Waals surface area contributed by atoms with Crippen LogP contribution in [0.2, 0.25) is 0 Å². The second kappa shape index (κ2) is 1.82. The van der Waals surface area contributed by atoms with Crippen molar-refractivity contribution in [1.82, 2.24) is 0 Å². The van der Waals surface area contributed by atoms with E-state index in [0.29, 0.717) is 0 Å². The van der Waals surface area contributed by atoms with Crippen LogP contribution in [-0.4, -0.2) is 18.7 Å². The van der Waals surface area contributed by atoms with Gasteiger partial charge in [-0.3, -0.25) is 4.52 Å². The lowest BCUT2D eigenvalue weighted by molar-refractivity contribution is -0.135. The topological polar surface area (TPSA) is 52.6 Å². The van der Waals surface area contributed by atoms with Gasteiger partial charge in [0.15, 0.2) is 6.10 Å². The van der Waals surface area contributed by atoms with Crippen molar-refractivity contribution >= 4 is 13.6 Å². The molecule has 1 rings (SSSR count). The zero-order valence-electron chi connectivity index (χ0n) is 5.16. The van der Waals surface area contributed by atoms with Gasteiger partial charge >= 0.3 is 13.6 Å². The van der Waals surface area contributed by atoms with Gasteiger partial charge in [-0.15, -0.1) is 0 Å². The third kappa shape index (κ3) is 1.32. The average Bonchev–Trinajstić information content (AvgIpc) is 1.79. The first-order valence-electron chi connectivity index (χ1n) is 2.50. The maximum atomic E-state index is 10.8. The van der Waals surface area contributed by atoms with Crippen LogP contribution in [0.15, 0.2) is 0 Å². The fourth-order valence-corrected chi connectivity index (χ4v) is 1.77. The smallest absolute Gasteiger partial charge is 0.379 e. The van der Waals surface area contributed by atoms with Gasteiger partial charge in [0.2, 0.25) is 0 Å². The Hall–Kier alpha value is -0.340. The van der Waals surface area contributed by atoms with Gasteiger partial charge in [-0.25, -0.2) is 9.36 Å². The van der Waals surface area contributed by atoms with Crippen LogP contribution in [0.25, 0.3) is 0 Å². The summed E-state index contributed by atoms with van der Waals surface area (Å²) in [6.45, 7) is 2.78. The molecule has 0 aliphatic carbocycles. The van der Waals surface area contributed by atoms with Crippen LogP contribution >= 0.6 is 7.60 Å². The molecular weight excluding hydrogens is 143 g/mol. The predicted octanol–water partition coefficient (Wildman–Crippen LogP) is 0.771. The van der Waals surface area contributed by atoms with Gasteiger partial charge in [0, 0.05) is 0 Å². The zero-order valence-corrected chi connectivity index (χ0v) is 6.05. The summed E-state index contributed by atoms with van der Waals surface area (Å²) >= 11 is 0. The van der Waals surface area contributed by atoms with Crippen LogP contribution in [0.1, 0.15) is 6.92 Å². The van der Waals surface area contributed by atoms with Crippen molar-refractivity contribution in [2.45, 2.75) is 13.0 Å². The molecule has 1 aliphatic heterocycles. The molecule has 2 atom stereocenters. The number of carbonyl (C=O) groups excluding carboxylic acids is 1. The van der Waals surface area contributed by atoms with E-state index in [0.717, 1.165) is 0 Å². The van der Waals surface area contributed by atoms with E-state index in [1.54, 1.807) is 0 Å². The van der Waals surface area contributed by atoms with Crippen LogP contribution < -0.4 is 0 Å². The minimum absolute atomic E-state index is 0.541. The highest BCUT2D eigenvalue weighted by Gasteiger charge is 2.37. The third-order valence-corrected chi connectivity index (χ3v) is 2.15. The third-order valence-electron chi connectivity index (χ3n) is 0.937. The van der Waals surface area contributed by atoms with Crippen molar-refractivity contribution in [1.29, 1.82) is 0 Å². The highest BCUT2D eigenvalue weighted by molar-refractivity contribution is 7.54. The van der Waals surface area contributed by atoms with Gasteiger partial charge < -0.3 is 4.52 Å². The Kier molecular flexibility index (Phi) is 1.37. The molecule has 0 aromatic heterocycles. The fourth-order valence-electron chi connectivity index (χ4n) is 0.589. The molecule has 0 spiro atoms. The Morgan fingerprint density at radius 1 is 1.67 bits per heavy atom. The molecule has 1 heterocycles. The highest BCUT2D eigenvalue weighted by Crippen LogP contribution is 2.50. The van der Waals surface area contributed by atoms with E-state index in [1.165, 1.54) is 13.6 Å². The summed E-state index contributed by atoms with van der Waals surface area (Å²) in [7, 11) is -3.01. The molecule has 0 saturated carbocycles. The van der Waals surface area contributed by atoms with Gasteiger partial charge in [0.1, 0.15) is 0 Å². The Bertz CT molecular complexity index is 187. The highest BCUT2D eigenvalue weighted by atomic mass is 31.2. The molecule has 52 valence electrons. The number of hydrogen-bond acceptors (Lipinski definition) is 4. The summed E-state index contributed by atoms with van der Waals surface area (Å²) < 4.78 is 19.8. The maximum Gasteiger partial charge on any atom is 0.379 e. The molecule has 0 N–H and O–H groups in total. The summed E-state index contributed by atoms with van der Waals surface area (Å²) in [5.74, 6) is -0.541. The SMILES string of the molecule is CC1OP(C)(=O)OC1=O. The molecule has 0 amide bonds. The lowest BCUT2D eigenvalue weighted by Gasteiger charge is -1.97. The predicted molar refractivity (Wildman–Crippen MR) is 30.2 cm³/mol. The maximum absolute atomic E-state index is 10.8. The van der Waals surface area contributed by atoms with Crippen LogP contribution in [0, 0.1) is 0 Å². The summed E-state index contributed by atoms with van der Waals surface area (Å²) in [6.07, 6.45) is -0.666. The van der Waals surface area contributed by atoms with Crippen LogP contribution in [-0.2, 0) is 18.4 Å². The van der Waals surface area contributed by atoms with Crippen molar-refractivity contribution < 1.29 is 18.4 Å². The Morgan fingerprint density at radius 3 is 2.33 bits per heavy atom. The molecule has 0 aromatic rings. The molecule has 0 bridgehead atoms. The van der Waals surface area contributed by atoms with Crippen molar-refractivity contribution in [3.05, 3.63) is 0 Å². The second-order valence-corrected chi connectivity index (χ2v) is 3.87. The molecule has 4 nitrogen and oxygen atoms in total. The normalized spacial score (nSPS) is 42.9. The zero-order chi connectivity index (χ0) is 7.07. The Balaban J connectivity index is 2.77. The van der Waals surface area contributed by atoms with Crippen molar-refractivity contribution in [2.75, 3.05) is 6.66 Å². The molecule has 0 aromatic carbocycles. The van der Waals surface area contributed by atoms with Crippen molar-refractivity contribution in [3.8, 4) is 0 Å². The molecule has 1 fully saturated rings. The number of rotatable bonds is 0. The van der Waals surface area contributed by atoms with Crippen molar-refractivity contribution in [3.63, 3.8) is 0 Å². The van der Waals surface area contributed by atoms with E-state index in [4.69, 9.17) is 0 Å². The van der Waals surface area contributed by atoms with Gasteiger partial charge in [-0.2, -0.15) is 0 Å². The molecule has 1 saturated heterocycles. The lowest BCUT2D eigenvalue weighted by Crippen LogP contribution is -2.09. The summed E-state index contributed by atoms with van der Waals surface area (Å²) in [4.78, 5) is 10.5. The molecule has 1 aliphatic rings. The van der Waals surface area contributed by atoms with Crippen LogP contribution in [0.3, 0.4) is 0 Å². The molecule has 0 radical (unpaired) electrons. The molecular formula is C4H7O4P. The molecule has 9 heavy (non-hydrogen) atoms. The minimum atomic E-state index is -3.01. The summed E-state index contributed by atoms with van der Waals surface area (Å²) in [5.41, 5.74) is 0. The monoisotopic (exact) mass is 150 g/mol. The van der Waals surface area contributed by atoms with Gasteiger partial charge in [0.05, 0.1) is 6.66 Å². The van der Waals surface area contributed by atoms with Crippen LogP contribution in [0.5, 0.6) is 0 Å². The van der Waals surface area contributed by atoms with E-state index < -0.39 is 19.7 Å². The van der Waals surface area contributed by atoms with Gasteiger partial charge in [0.25, 0.3) is 0 Å². The van der Waals surface area contributed by atoms with Gasteiger partial charge in [-0.1, -0.05) is 0 Å². The summed E-state index contributed by atoms with van der Waals surface area (Å²) in [6, 6.07) is 0. The van der Waals surface area contributed by atoms with E-state index in [1.807, 2.05) is 0 Å². The van der Waals surface area contributed by atoms with E-state index in [9.17, 15) is 9.36 Å². The fraction of sp³-hybridized carbons (Fsp3) is 0.750. The number of hydrogen-bond donors (Lipinski definition) is 0. The first-order chi connectivity index (χ1) is 4.01. The van der Waals surface area contributed by atoms with E-state index >= 15 is 0 Å². The quantitative estimate of drug-likeness (QED) is 0.478. The number of carbonyl (C=O) groups is 1.